The second-order valence-corrected chi connectivity index (χ2v) is 4.22. The average Bonchev–Trinajstić information content (AvgIpc) is 2.73. The summed E-state index contributed by atoms with van der Waals surface area (Å²) in [4.78, 5) is 6.62. The Bertz CT molecular complexity index is 323. The first-order valence-electron chi connectivity index (χ1n) is 5.64. The molecule has 0 saturated heterocycles. The van der Waals surface area contributed by atoms with E-state index < -0.39 is 0 Å². The van der Waals surface area contributed by atoms with E-state index in [4.69, 9.17) is 0 Å². The molecule has 2 unspecified atom stereocenters. The van der Waals surface area contributed by atoms with Crippen molar-refractivity contribution in [2.75, 3.05) is 6.54 Å². The van der Waals surface area contributed by atoms with E-state index in [1.165, 1.54) is 0 Å². The van der Waals surface area contributed by atoms with Gasteiger partial charge in [0, 0.05) is 31.5 Å². The average molecular weight is 209 g/mol. The normalized spacial score (nSPS) is 21.0. The molecule has 0 saturated carbocycles. The molecule has 4 heteroatoms. The first-order valence-corrected chi connectivity index (χ1v) is 5.64. The minimum atomic E-state index is -0.230. The van der Waals surface area contributed by atoms with Crippen molar-refractivity contribution in [3.63, 3.8) is 0 Å². The standard InChI is InChI=1S/C11H19N3O/c1-3-10(15)9(2)14-7-6-13-5-4-12-11(13)8-14/h4-5,9-10,15H,3,6-8H2,1-2H3. The van der Waals surface area contributed by atoms with Crippen LogP contribution in [0.3, 0.4) is 0 Å². The van der Waals surface area contributed by atoms with Crippen LogP contribution in [-0.2, 0) is 13.1 Å². The van der Waals surface area contributed by atoms with Crippen LogP contribution in [0.15, 0.2) is 12.4 Å². The molecule has 0 bridgehead atoms. The molecular weight excluding hydrogens is 190 g/mol. The fourth-order valence-corrected chi connectivity index (χ4v) is 2.12. The third-order valence-electron chi connectivity index (χ3n) is 3.33. The Morgan fingerprint density at radius 2 is 2.33 bits per heavy atom. The Labute approximate surface area is 90.5 Å². The van der Waals surface area contributed by atoms with Crippen molar-refractivity contribution in [2.45, 2.75) is 45.5 Å². The number of hydrogen-bond donors (Lipinski definition) is 1. The lowest BCUT2D eigenvalue weighted by Crippen LogP contribution is -2.45. The fourth-order valence-electron chi connectivity index (χ4n) is 2.12. The summed E-state index contributed by atoms with van der Waals surface area (Å²) >= 11 is 0. The molecule has 1 aromatic heterocycles. The van der Waals surface area contributed by atoms with Gasteiger partial charge < -0.3 is 9.67 Å². The van der Waals surface area contributed by atoms with Crippen LogP contribution in [0.4, 0.5) is 0 Å². The van der Waals surface area contributed by atoms with Crippen LogP contribution in [0.2, 0.25) is 0 Å². The third kappa shape index (κ3) is 2.06. The lowest BCUT2D eigenvalue weighted by atomic mass is 10.1. The molecule has 1 N–H and O–H groups in total. The molecule has 0 amide bonds. The number of hydrogen-bond acceptors (Lipinski definition) is 3. The molecule has 0 aliphatic carbocycles. The van der Waals surface area contributed by atoms with Gasteiger partial charge >= 0.3 is 0 Å². The van der Waals surface area contributed by atoms with Crippen molar-refractivity contribution in [1.29, 1.82) is 0 Å². The molecule has 2 heterocycles. The van der Waals surface area contributed by atoms with E-state index in [1.807, 2.05) is 19.3 Å². The van der Waals surface area contributed by atoms with Crippen molar-refractivity contribution >= 4 is 0 Å². The lowest BCUT2D eigenvalue weighted by Gasteiger charge is -2.34. The Kier molecular flexibility index (Phi) is 3.07. The van der Waals surface area contributed by atoms with E-state index in [0.717, 1.165) is 31.9 Å². The van der Waals surface area contributed by atoms with Gasteiger partial charge in [-0.15, -0.1) is 0 Å². The predicted molar refractivity (Wildman–Crippen MR) is 58.4 cm³/mol. The highest BCUT2D eigenvalue weighted by atomic mass is 16.3. The number of imidazole rings is 1. The smallest absolute Gasteiger partial charge is 0.122 e. The van der Waals surface area contributed by atoms with Gasteiger partial charge in [-0.05, 0) is 13.3 Å². The zero-order chi connectivity index (χ0) is 10.8. The number of rotatable bonds is 3. The molecule has 1 aliphatic rings. The minimum absolute atomic E-state index is 0.223. The fraction of sp³-hybridized carbons (Fsp3) is 0.727. The molecule has 84 valence electrons. The predicted octanol–water partition coefficient (Wildman–Crippen LogP) is 0.858. The van der Waals surface area contributed by atoms with Gasteiger partial charge in [0.05, 0.1) is 12.6 Å². The molecule has 15 heavy (non-hydrogen) atoms. The molecule has 1 aliphatic heterocycles. The summed E-state index contributed by atoms with van der Waals surface area (Å²) in [5, 5.41) is 9.81. The second kappa shape index (κ2) is 4.33. The van der Waals surface area contributed by atoms with E-state index in [0.29, 0.717) is 0 Å². The summed E-state index contributed by atoms with van der Waals surface area (Å²) in [6.45, 7) is 6.95. The monoisotopic (exact) mass is 209 g/mol. The maximum Gasteiger partial charge on any atom is 0.122 e. The minimum Gasteiger partial charge on any atom is -0.392 e. The summed E-state index contributed by atoms with van der Waals surface area (Å²) < 4.78 is 2.18. The molecule has 0 radical (unpaired) electrons. The molecule has 0 spiro atoms. The summed E-state index contributed by atoms with van der Waals surface area (Å²) in [6.07, 6.45) is 4.45. The van der Waals surface area contributed by atoms with Gasteiger partial charge in [0.15, 0.2) is 0 Å². The number of aromatic nitrogens is 2. The number of aliphatic hydroxyl groups excluding tert-OH is 1. The summed E-state index contributed by atoms with van der Waals surface area (Å²) in [5.41, 5.74) is 0. The highest BCUT2D eigenvalue weighted by molar-refractivity contribution is 4.96. The lowest BCUT2D eigenvalue weighted by molar-refractivity contribution is 0.0403. The maximum absolute atomic E-state index is 9.81. The number of nitrogens with zero attached hydrogens (tertiary/aromatic N) is 3. The van der Waals surface area contributed by atoms with Crippen molar-refractivity contribution in [2.24, 2.45) is 0 Å². The van der Waals surface area contributed by atoms with E-state index in [9.17, 15) is 5.11 Å². The topological polar surface area (TPSA) is 41.3 Å². The van der Waals surface area contributed by atoms with Gasteiger partial charge in [0.25, 0.3) is 0 Å². The van der Waals surface area contributed by atoms with Crippen LogP contribution >= 0.6 is 0 Å². The van der Waals surface area contributed by atoms with Gasteiger partial charge in [-0.2, -0.15) is 0 Å². The van der Waals surface area contributed by atoms with E-state index in [1.54, 1.807) is 0 Å². The largest absolute Gasteiger partial charge is 0.392 e. The Morgan fingerprint density at radius 3 is 3.07 bits per heavy atom. The van der Waals surface area contributed by atoms with Gasteiger partial charge in [-0.1, -0.05) is 6.92 Å². The molecule has 0 fully saturated rings. The summed E-state index contributed by atoms with van der Waals surface area (Å²) in [7, 11) is 0. The zero-order valence-electron chi connectivity index (χ0n) is 9.43. The molecule has 4 nitrogen and oxygen atoms in total. The highest BCUT2D eigenvalue weighted by Gasteiger charge is 2.24. The van der Waals surface area contributed by atoms with Crippen LogP contribution in [-0.4, -0.2) is 38.2 Å². The molecular formula is C11H19N3O. The van der Waals surface area contributed by atoms with Crippen LogP contribution < -0.4 is 0 Å². The SMILES string of the molecule is CCC(O)C(C)N1CCn2ccnc2C1. The summed E-state index contributed by atoms with van der Waals surface area (Å²) in [6, 6.07) is 0.223. The zero-order valence-corrected chi connectivity index (χ0v) is 9.43. The molecule has 2 rings (SSSR count). The quantitative estimate of drug-likeness (QED) is 0.802. The van der Waals surface area contributed by atoms with Crippen LogP contribution in [0, 0.1) is 0 Å². The summed E-state index contributed by atoms with van der Waals surface area (Å²) in [5.74, 6) is 1.11. The van der Waals surface area contributed by atoms with Crippen molar-refractivity contribution in [3.05, 3.63) is 18.2 Å². The van der Waals surface area contributed by atoms with Crippen LogP contribution in [0.5, 0.6) is 0 Å². The maximum atomic E-state index is 9.81. The van der Waals surface area contributed by atoms with E-state index in [-0.39, 0.29) is 12.1 Å². The Morgan fingerprint density at radius 1 is 1.53 bits per heavy atom. The molecule has 2 atom stereocenters. The Balaban J connectivity index is 2.03. The third-order valence-corrected chi connectivity index (χ3v) is 3.33. The second-order valence-electron chi connectivity index (χ2n) is 4.22. The van der Waals surface area contributed by atoms with Crippen molar-refractivity contribution in [3.8, 4) is 0 Å². The highest BCUT2D eigenvalue weighted by Crippen LogP contribution is 2.16. The molecule has 0 aromatic carbocycles. The van der Waals surface area contributed by atoms with Gasteiger partial charge in [-0.3, -0.25) is 4.90 Å². The van der Waals surface area contributed by atoms with Crippen molar-refractivity contribution in [1.82, 2.24) is 14.5 Å². The van der Waals surface area contributed by atoms with Gasteiger partial charge in [-0.25, -0.2) is 4.98 Å². The first-order chi connectivity index (χ1) is 7.22. The Hall–Kier alpha value is -0.870. The molecule has 1 aromatic rings. The van der Waals surface area contributed by atoms with Crippen molar-refractivity contribution < 1.29 is 5.11 Å². The van der Waals surface area contributed by atoms with Crippen LogP contribution in [0.1, 0.15) is 26.1 Å². The van der Waals surface area contributed by atoms with E-state index in [2.05, 4.69) is 21.4 Å². The van der Waals surface area contributed by atoms with Crippen LogP contribution in [0.25, 0.3) is 0 Å². The van der Waals surface area contributed by atoms with Gasteiger partial charge in [0.1, 0.15) is 5.82 Å². The van der Waals surface area contributed by atoms with E-state index >= 15 is 0 Å². The first kappa shape index (κ1) is 10.6. The van der Waals surface area contributed by atoms with Gasteiger partial charge in [0.2, 0.25) is 0 Å². The number of aliphatic hydroxyl groups is 1. The number of fused-ring (bicyclic) bond motifs is 1.